The Bertz CT molecular complexity index is 1450. The Morgan fingerprint density at radius 1 is 0.909 bits per heavy atom. The van der Waals surface area contributed by atoms with Crippen molar-refractivity contribution >= 4 is 15.9 Å². The molecule has 0 fully saturated rings. The molecule has 0 aliphatic heterocycles. The van der Waals surface area contributed by atoms with Crippen molar-refractivity contribution in [3.8, 4) is 28.4 Å². The molecule has 0 amide bonds. The fourth-order valence-corrected chi connectivity index (χ4v) is 3.81. The molecule has 3 aromatic carbocycles. The number of benzene rings is 3. The highest BCUT2D eigenvalue weighted by Crippen LogP contribution is 2.29. The molecule has 164 valence electrons. The molecule has 33 heavy (non-hydrogen) atoms. The molecule has 0 saturated carbocycles. The molecular weight excluding hydrogens is 484 g/mol. The minimum Gasteiger partial charge on any atom is -0.472 e. The monoisotopic (exact) mass is 502 g/mol. The molecule has 2 heterocycles. The van der Waals surface area contributed by atoms with Crippen LogP contribution in [0.15, 0.2) is 94.3 Å². The second-order valence-corrected chi connectivity index (χ2v) is 8.25. The van der Waals surface area contributed by atoms with Crippen molar-refractivity contribution in [2.45, 2.75) is 6.61 Å². The first kappa shape index (κ1) is 20.9. The van der Waals surface area contributed by atoms with Crippen molar-refractivity contribution in [3.05, 3.63) is 106 Å². The molecule has 0 saturated heterocycles. The Labute approximate surface area is 197 Å². The van der Waals surface area contributed by atoms with Crippen LogP contribution >= 0.6 is 15.9 Å². The van der Waals surface area contributed by atoms with E-state index in [1.807, 2.05) is 79.0 Å². The molecule has 0 radical (unpaired) electrons. The lowest BCUT2D eigenvalue weighted by atomic mass is 9.98. The Kier molecular flexibility index (Phi) is 5.62. The summed E-state index contributed by atoms with van der Waals surface area (Å²) in [4.78, 5) is 12.6. The summed E-state index contributed by atoms with van der Waals surface area (Å²) < 4.78 is 11.3. The largest absolute Gasteiger partial charge is 0.472 e. The van der Waals surface area contributed by atoms with Crippen LogP contribution in [0.5, 0.6) is 5.88 Å². The minimum atomic E-state index is -0.332. The quantitative estimate of drug-likeness (QED) is 0.348. The number of ether oxygens (including phenoxy) is 1. The highest BCUT2D eigenvalue weighted by atomic mass is 79.9. The van der Waals surface area contributed by atoms with Crippen LogP contribution in [-0.2, 0) is 13.7 Å². The van der Waals surface area contributed by atoms with E-state index in [4.69, 9.17) is 4.74 Å². The van der Waals surface area contributed by atoms with E-state index in [1.54, 1.807) is 17.8 Å². The van der Waals surface area contributed by atoms with Gasteiger partial charge in [0.1, 0.15) is 6.61 Å². The predicted molar refractivity (Wildman–Crippen MR) is 128 cm³/mol. The van der Waals surface area contributed by atoms with Crippen LogP contribution in [0.25, 0.3) is 22.5 Å². The first-order chi connectivity index (χ1) is 16.1. The first-order valence-corrected chi connectivity index (χ1v) is 11.0. The lowest BCUT2D eigenvalue weighted by Gasteiger charge is -2.14. The van der Waals surface area contributed by atoms with E-state index in [9.17, 15) is 4.79 Å². The van der Waals surface area contributed by atoms with E-state index in [1.165, 1.54) is 9.36 Å². The normalized spacial score (nSPS) is 11.0. The highest BCUT2D eigenvalue weighted by molar-refractivity contribution is 9.10. The van der Waals surface area contributed by atoms with Crippen LogP contribution in [0.1, 0.15) is 5.56 Å². The molecule has 0 unspecified atom stereocenters. The lowest BCUT2D eigenvalue weighted by molar-refractivity contribution is 0.292. The molecular formula is C24H19BrN6O2. The van der Waals surface area contributed by atoms with Crippen LogP contribution in [0.2, 0.25) is 0 Å². The predicted octanol–water partition coefficient (Wildman–Crippen LogP) is 4.16. The zero-order chi connectivity index (χ0) is 22.8. The average molecular weight is 503 g/mol. The van der Waals surface area contributed by atoms with E-state index < -0.39 is 0 Å². The molecule has 9 heteroatoms. The van der Waals surface area contributed by atoms with Crippen molar-refractivity contribution < 1.29 is 4.74 Å². The summed E-state index contributed by atoms with van der Waals surface area (Å²) in [6.07, 6.45) is 1.84. The van der Waals surface area contributed by atoms with E-state index in [0.29, 0.717) is 11.6 Å². The highest BCUT2D eigenvalue weighted by Gasteiger charge is 2.17. The van der Waals surface area contributed by atoms with E-state index in [0.717, 1.165) is 26.9 Å². The molecule has 0 aliphatic carbocycles. The van der Waals surface area contributed by atoms with E-state index >= 15 is 0 Å². The summed E-state index contributed by atoms with van der Waals surface area (Å²) in [6, 6.07) is 25.3. The molecule has 8 nitrogen and oxygen atoms in total. The fraction of sp³-hybridized carbons (Fsp3) is 0.0833. The van der Waals surface area contributed by atoms with Gasteiger partial charge < -0.3 is 4.74 Å². The number of tetrazole rings is 1. The molecule has 2 aromatic heterocycles. The van der Waals surface area contributed by atoms with Crippen LogP contribution < -0.4 is 10.4 Å². The number of aryl methyl sites for hydroxylation is 1. The number of hydrogen-bond donors (Lipinski definition) is 0. The van der Waals surface area contributed by atoms with Gasteiger partial charge in [-0.1, -0.05) is 58.4 Å². The van der Waals surface area contributed by atoms with Crippen LogP contribution in [0.3, 0.4) is 0 Å². The van der Waals surface area contributed by atoms with Gasteiger partial charge in [-0.05, 0) is 51.9 Å². The van der Waals surface area contributed by atoms with Crippen LogP contribution in [0, 0.1) is 0 Å². The summed E-state index contributed by atoms with van der Waals surface area (Å²) >= 11 is 3.44. The van der Waals surface area contributed by atoms with Gasteiger partial charge >= 0.3 is 5.69 Å². The van der Waals surface area contributed by atoms with Gasteiger partial charge in [0.05, 0.1) is 11.4 Å². The fourth-order valence-electron chi connectivity index (χ4n) is 3.55. The maximum atomic E-state index is 12.6. The number of rotatable bonds is 6. The summed E-state index contributed by atoms with van der Waals surface area (Å²) in [6.45, 7) is 0.195. The standard InChI is InChI=1S/C24H19BrN6O2/c1-29-24(32)31(28-27-29)22-9-5-8-20(17-6-3-2-4-7-17)21(22)16-33-23-14-15-30(26-23)19-12-10-18(25)11-13-19/h2-15H,16H2,1H3. The third-order valence-electron chi connectivity index (χ3n) is 5.21. The van der Waals surface area contributed by atoms with Crippen molar-refractivity contribution in [2.75, 3.05) is 0 Å². The smallest absolute Gasteiger partial charge is 0.368 e. The Hall–Kier alpha value is -3.98. The Balaban J connectivity index is 1.51. The zero-order valence-electron chi connectivity index (χ0n) is 17.7. The second kappa shape index (κ2) is 8.87. The Morgan fingerprint density at radius 2 is 1.70 bits per heavy atom. The maximum Gasteiger partial charge on any atom is 0.368 e. The third-order valence-corrected chi connectivity index (χ3v) is 5.73. The molecule has 5 rings (SSSR count). The van der Waals surface area contributed by atoms with Crippen LogP contribution in [-0.4, -0.2) is 29.6 Å². The molecule has 5 aromatic rings. The number of halogens is 1. The summed E-state index contributed by atoms with van der Waals surface area (Å²) in [5.41, 5.74) is 3.96. The first-order valence-electron chi connectivity index (χ1n) is 10.2. The zero-order valence-corrected chi connectivity index (χ0v) is 19.3. The van der Waals surface area contributed by atoms with Crippen molar-refractivity contribution in [2.24, 2.45) is 7.05 Å². The van der Waals surface area contributed by atoms with Crippen molar-refractivity contribution in [1.82, 2.24) is 29.6 Å². The number of aromatic nitrogens is 6. The Morgan fingerprint density at radius 3 is 2.42 bits per heavy atom. The molecule has 0 aliphatic rings. The van der Waals surface area contributed by atoms with E-state index in [-0.39, 0.29) is 12.3 Å². The van der Waals surface area contributed by atoms with Gasteiger partial charge in [-0.15, -0.1) is 5.10 Å². The van der Waals surface area contributed by atoms with Gasteiger partial charge in [-0.2, -0.15) is 9.36 Å². The summed E-state index contributed by atoms with van der Waals surface area (Å²) in [5, 5.41) is 12.4. The van der Waals surface area contributed by atoms with Crippen LogP contribution in [0.4, 0.5) is 0 Å². The SMILES string of the molecule is Cn1nnn(-c2cccc(-c3ccccc3)c2COc2ccn(-c3ccc(Br)cc3)n2)c1=O. The summed E-state index contributed by atoms with van der Waals surface area (Å²) in [7, 11) is 1.57. The van der Waals surface area contributed by atoms with Gasteiger partial charge in [0.25, 0.3) is 0 Å². The molecule has 0 spiro atoms. The van der Waals surface area contributed by atoms with E-state index in [2.05, 4.69) is 31.5 Å². The topological polar surface area (TPSA) is 79.8 Å². The third kappa shape index (κ3) is 4.22. The second-order valence-electron chi connectivity index (χ2n) is 7.33. The van der Waals surface area contributed by atoms with Gasteiger partial charge in [0.15, 0.2) is 0 Å². The average Bonchev–Trinajstić information content (AvgIpc) is 3.45. The maximum absolute atomic E-state index is 12.6. The van der Waals surface area contributed by atoms with Gasteiger partial charge in [0.2, 0.25) is 5.88 Å². The van der Waals surface area contributed by atoms with Gasteiger partial charge in [-0.3, -0.25) is 0 Å². The molecule has 0 atom stereocenters. The van der Waals surface area contributed by atoms with Crippen molar-refractivity contribution in [3.63, 3.8) is 0 Å². The molecule has 0 N–H and O–H groups in total. The number of hydrogen-bond acceptors (Lipinski definition) is 5. The summed E-state index contributed by atoms with van der Waals surface area (Å²) in [5.74, 6) is 0.471. The van der Waals surface area contributed by atoms with Gasteiger partial charge in [-0.25, -0.2) is 9.48 Å². The molecule has 0 bridgehead atoms. The van der Waals surface area contributed by atoms with Gasteiger partial charge in [0, 0.05) is 29.3 Å². The number of nitrogens with zero attached hydrogens (tertiary/aromatic N) is 6. The lowest BCUT2D eigenvalue weighted by Crippen LogP contribution is -2.23. The minimum absolute atomic E-state index is 0.195. The van der Waals surface area contributed by atoms with Crippen molar-refractivity contribution in [1.29, 1.82) is 0 Å².